The van der Waals surface area contributed by atoms with Crippen molar-refractivity contribution < 1.29 is 14.1 Å². The van der Waals surface area contributed by atoms with Gasteiger partial charge in [0, 0.05) is 29.8 Å². The molecule has 4 heteroatoms. The largest absolute Gasteiger partial charge is 0.494 e. The van der Waals surface area contributed by atoms with E-state index in [1.54, 1.807) is 6.92 Å². The van der Waals surface area contributed by atoms with Crippen LogP contribution in [0.15, 0.2) is 67.0 Å². The fourth-order valence-electron chi connectivity index (χ4n) is 5.21. The monoisotopic (exact) mass is 557 g/mol. The lowest BCUT2D eigenvalue weighted by atomic mass is 10.1. The highest BCUT2D eigenvalue weighted by molar-refractivity contribution is 5.91. The van der Waals surface area contributed by atoms with Crippen LogP contribution < -0.4 is 14.2 Å². The molecule has 41 heavy (non-hydrogen) atoms. The Morgan fingerprint density at radius 2 is 1.27 bits per heavy atom. The van der Waals surface area contributed by atoms with Gasteiger partial charge in [0.15, 0.2) is 18.9 Å². The number of benzene rings is 2. The Balaban J connectivity index is 1.36. The minimum absolute atomic E-state index is 0.0357. The molecule has 1 amide bonds. The Morgan fingerprint density at radius 3 is 1.83 bits per heavy atom. The summed E-state index contributed by atoms with van der Waals surface area (Å²) in [7, 11) is 0. The van der Waals surface area contributed by atoms with E-state index in [1.165, 1.54) is 87.3 Å². The molecule has 0 bridgehead atoms. The van der Waals surface area contributed by atoms with Gasteiger partial charge in [-0.1, -0.05) is 102 Å². The molecular formula is C37H53N2O2+. The van der Waals surface area contributed by atoms with Crippen molar-refractivity contribution in [1.29, 1.82) is 0 Å². The number of unbranched alkanes of at least 4 members (excludes halogenated alkanes) is 11. The van der Waals surface area contributed by atoms with E-state index in [9.17, 15) is 4.79 Å². The highest BCUT2D eigenvalue weighted by atomic mass is 16.5. The molecule has 0 saturated carbocycles. The first-order valence-electron chi connectivity index (χ1n) is 16.0. The minimum Gasteiger partial charge on any atom is -0.494 e. The normalized spacial score (nSPS) is 11.0. The fourth-order valence-corrected chi connectivity index (χ4v) is 5.21. The van der Waals surface area contributed by atoms with Crippen LogP contribution in [0.2, 0.25) is 0 Å². The van der Waals surface area contributed by atoms with E-state index >= 15 is 0 Å². The second-order valence-electron chi connectivity index (χ2n) is 11.6. The van der Waals surface area contributed by atoms with Crippen LogP contribution in [0.4, 0.5) is 5.69 Å². The standard InChI is InChI=1S/C37H53N2O2/c1-5-6-7-8-9-10-11-12-13-14-15-16-27-41-37-23-19-35(20-24-37)30-39(33(4)40)36-21-17-34(18-22-36)29-38-26-25-31(2)32(3)28-38/h17-26,28H,5-16,27,29-30H2,1-4H3/q+1. The smallest absolute Gasteiger partial charge is 0.224 e. The van der Waals surface area contributed by atoms with Crippen LogP contribution in [0.3, 0.4) is 0 Å². The number of anilines is 1. The first kappa shape index (κ1) is 32.4. The van der Waals surface area contributed by atoms with Crippen molar-refractivity contribution >= 4 is 11.6 Å². The molecule has 0 radical (unpaired) electrons. The molecule has 0 spiro atoms. The Hall–Kier alpha value is -3.14. The number of ether oxygens (including phenoxy) is 1. The average Bonchev–Trinajstić information content (AvgIpc) is 2.97. The number of carbonyl (C=O) groups excluding carboxylic acids is 1. The lowest BCUT2D eigenvalue weighted by Crippen LogP contribution is -2.34. The first-order chi connectivity index (χ1) is 20.0. The molecule has 0 N–H and O–H groups in total. The van der Waals surface area contributed by atoms with Gasteiger partial charge >= 0.3 is 0 Å². The van der Waals surface area contributed by atoms with Crippen LogP contribution in [-0.2, 0) is 17.9 Å². The molecule has 1 heterocycles. The lowest BCUT2D eigenvalue weighted by Gasteiger charge is -2.21. The number of rotatable bonds is 19. The quantitative estimate of drug-likeness (QED) is 0.109. The number of hydrogen-bond acceptors (Lipinski definition) is 2. The zero-order chi connectivity index (χ0) is 29.3. The Bertz CT molecular complexity index is 1150. The Morgan fingerprint density at radius 1 is 0.707 bits per heavy atom. The SMILES string of the molecule is CCCCCCCCCCCCCCOc1ccc(CN(C(C)=O)c2ccc(C[n+]3ccc(C)c(C)c3)cc2)cc1. The summed E-state index contributed by atoms with van der Waals surface area (Å²) in [5.74, 6) is 0.938. The van der Waals surface area contributed by atoms with Crippen molar-refractivity contribution in [1.82, 2.24) is 0 Å². The molecule has 0 aliphatic rings. The van der Waals surface area contributed by atoms with E-state index in [2.05, 4.69) is 68.1 Å². The third-order valence-electron chi connectivity index (χ3n) is 8.02. The van der Waals surface area contributed by atoms with Gasteiger partial charge in [0.2, 0.25) is 5.91 Å². The maximum atomic E-state index is 12.5. The van der Waals surface area contributed by atoms with Gasteiger partial charge in [-0.25, -0.2) is 4.57 Å². The van der Waals surface area contributed by atoms with E-state index in [4.69, 9.17) is 4.74 Å². The summed E-state index contributed by atoms with van der Waals surface area (Å²) in [5.41, 5.74) is 5.80. The summed E-state index contributed by atoms with van der Waals surface area (Å²) in [5, 5.41) is 0. The average molecular weight is 558 g/mol. The van der Waals surface area contributed by atoms with Crippen molar-refractivity contribution in [3.8, 4) is 5.75 Å². The molecule has 1 aromatic heterocycles. The number of aromatic nitrogens is 1. The van der Waals surface area contributed by atoms with Crippen LogP contribution in [0.5, 0.6) is 5.75 Å². The van der Waals surface area contributed by atoms with Gasteiger partial charge in [-0.3, -0.25) is 4.79 Å². The van der Waals surface area contributed by atoms with E-state index < -0.39 is 0 Å². The first-order valence-corrected chi connectivity index (χ1v) is 16.0. The predicted molar refractivity (Wildman–Crippen MR) is 172 cm³/mol. The molecule has 0 aliphatic carbocycles. The molecule has 0 aliphatic heterocycles. The summed E-state index contributed by atoms with van der Waals surface area (Å²) in [6.07, 6.45) is 20.5. The Labute approximate surface area is 249 Å². The predicted octanol–water partition coefficient (Wildman–Crippen LogP) is 9.27. The second kappa shape index (κ2) is 18.3. The van der Waals surface area contributed by atoms with Crippen LogP contribution in [0, 0.1) is 13.8 Å². The van der Waals surface area contributed by atoms with Crippen LogP contribution >= 0.6 is 0 Å². The van der Waals surface area contributed by atoms with Gasteiger partial charge in [-0.05, 0) is 55.7 Å². The van der Waals surface area contributed by atoms with E-state index in [0.29, 0.717) is 6.54 Å². The van der Waals surface area contributed by atoms with Gasteiger partial charge < -0.3 is 9.64 Å². The van der Waals surface area contributed by atoms with Crippen LogP contribution in [0.25, 0.3) is 0 Å². The van der Waals surface area contributed by atoms with Crippen molar-refractivity contribution in [3.63, 3.8) is 0 Å². The maximum absolute atomic E-state index is 12.5. The van der Waals surface area contributed by atoms with E-state index in [0.717, 1.165) is 36.6 Å². The van der Waals surface area contributed by atoms with Gasteiger partial charge in [-0.2, -0.15) is 0 Å². The number of carbonyl (C=O) groups is 1. The molecular weight excluding hydrogens is 504 g/mol. The van der Waals surface area contributed by atoms with Crippen LogP contribution in [0.1, 0.15) is 113 Å². The second-order valence-corrected chi connectivity index (χ2v) is 11.6. The molecule has 0 atom stereocenters. The van der Waals surface area contributed by atoms with Crippen LogP contribution in [-0.4, -0.2) is 12.5 Å². The highest BCUT2D eigenvalue weighted by Crippen LogP contribution is 2.21. The number of pyridine rings is 1. The van der Waals surface area contributed by atoms with E-state index in [-0.39, 0.29) is 5.91 Å². The van der Waals surface area contributed by atoms with E-state index in [1.807, 2.05) is 29.2 Å². The summed E-state index contributed by atoms with van der Waals surface area (Å²) < 4.78 is 8.18. The summed E-state index contributed by atoms with van der Waals surface area (Å²) in [4.78, 5) is 14.3. The lowest BCUT2D eigenvalue weighted by molar-refractivity contribution is -0.688. The number of amides is 1. The van der Waals surface area contributed by atoms with Crippen molar-refractivity contribution in [2.75, 3.05) is 11.5 Å². The molecule has 222 valence electrons. The van der Waals surface area contributed by atoms with Gasteiger partial charge in [-0.15, -0.1) is 0 Å². The zero-order valence-corrected chi connectivity index (χ0v) is 26.2. The third-order valence-corrected chi connectivity index (χ3v) is 8.02. The molecule has 4 nitrogen and oxygen atoms in total. The molecule has 0 unspecified atom stereocenters. The fraction of sp³-hybridized carbons (Fsp3) is 0.514. The van der Waals surface area contributed by atoms with Crippen molar-refractivity contribution in [2.24, 2.45) is 0 Å². The van der Waals surface area contributed by atoms with Gasteiger partial charge in [0.05, 0.1) is 13.2 Å². The van der Waals surface area contributed by atoms with Gasteiger partial charge in [0.25, 0.3) is 0 Å². The third kappa shape index (κ3) is 12.1. The van der Waals surface area contributed by atoms with Crippen molar-refractivity contribution in [3.05, 3.63) is 89.2 Å². The summed E-state index contributed by atoms with van der Waals surface area (Å²) in [6.45, 7) is 10.3. The molecule has 3 rings (SSSR count). The molecule has 3 aromatic rings. The van der Waals surface area contributed by atoms with Gasteiger partial charge in [0.1, 0.15) is 5.75 Å². The Kier molecular flexibility index (Phi) is 14.5. The highest BCUT2D eigenvalue weighted by Gasteiger charge is 2.13. The maximum Gasteiger partial charge on any atom is 0.224 e. The number of nitrogens with zero attached hydrogens (tertiary/aromatic N) is 2. The summed E-state index contributed by atoms with van der Waals surface area (Å²) >= 11 is 0. The van der Waals surface area contributed by atoms with Crippen molar-refractivity contribution in [2.45, 2.75) is 118 Å². The molecule has 0 fully saturated rings. The summed E-state index contributed by atoms with van der Waals surface area (Å²) in [6, 6.07) is 18.7. The topological polar surface area (TPSA) is 33.4 Å². The zero-order valence-electron chi connectivity index (χ0n) is 26.2. The molecule has 2 aromatic carbocycles. The minimum atomic E-state index is 0.0357. The number of hydrogen-bond donors (Lipinski definition) is 0. The molecule has 0 saturated heterocycles. The number of aryl methyl sites for hydroxylation is 2.